The maximum absolute atomic E-state index is 12.1. The predicted octanol–water partition coefficient (Wildman–Crippen LogP) is 1.73. The summed E-state index contributed by atoms with van der Waals surface area (Å²) in [5, 5.41) is 3.42. The Bertz CT molecular complexity index is 260. The SMILES string of the molecule is CCC1NC(CC)N(CC2(C)CC2)C1=O. The van der Waals surface area contributed by atoms with Crippen molar-refractivity contribution in [3.8, 4) is 0 Å². The molecule has 0 aromatic carbocycles. The van der Waals surface area contributed by atoms with Gasteiger partial charge in [0.15, 0.2) is 0 Å². The Morgan fingerprint density at radius 2 is 2.07 bits per heavy atom. The Morgan fingerprint density at radius 3 is 2.53 bits per heavy atom. The van der Waals surface area contributed by atoms with Crippen LogP contribution in [0, 0.1) is 5.41 Å². The van der Waals surface area contributed by atoms with Gasteiger partial charge in [-0.15, -0.1) is 0 Å². The van der Waals surface area contributed by atoms with Gasteiger partial charge in [-0.3, -0.25) is 10.1 Å². The van der Waals surface area contributed by atoms with Crippen LogP contribution >= 0.6 is 0 Å². The van der Waals surface area contributed by atoms with Crippen molar-refractivity contribution < 1.29 is 4.79 Å². The van der Waals surface area contributed by atoms with E-state index in [0.717, 1.165) is 19.4 Å². The monoisotopic (exact) mass is 210 g/mol. The zero-order chi connectivity index (χ0) is 11.1. The van der Waals surface area contributed by atoms with Crippen molar-refractivity contribution in [1.82, 2.24) is 10.2 Å². The lowest BCUT2D eigenvalue weighted by Gasteiger charge is -2.26. The maximum Gasteiger partial charge on any atom is 0.241 e. The van der Waals surface area contributed by atoms with E-state index in [9.17, 15) is 4.79 Å². The number of nitrogens with one attached hydrogen (secondary N) is 1. The molecule has 0 radical (unpaired) electrons. The van der Waals surface area contributed by atoms with E-state index in [1.165, 1.54) is 12.8 Å². The lowest BCUT2D eigenvalue weighted by atomic mass is 10.1. The molecule has 2 atom stereocenters. The van der Waals surface area contributed by atoms with Gasteiger partial charge in [-0.05, 0) is 31.1 Å². The summed E-state index contributed by atoms with van der Waals surface area (Å²) in [6.45, 7) is 7.45. The molecule has 3 nitrogen and oxygen atoms in total. The maximum atomic E-state index is 12.1. The quantitative estimate of drug-likeness (QED) is 0.766. The molecule has 1 aliphatic heterocycles. The van der Waals surface area contributed by atoms with E-state index in [1.807, 2.05) is 0 Å². The van der Waals surface area contributed by atoms with Gasteiger partial charge in [0.25, 0.3) is 0 Å². The molecule has 0 spiro atoms. The summed E-state index contributed by atoms with van der Waals surface area (Å²) in [7, 11) is 0. The molecule has 2 unspecified atom stereocenters. The van der Waals surface area contributed by atoms with Gasteiger partial charge in [-0.1, -0.05) is 20.8 Å². The number of hydrogen-bond donors (Lipinski definition) is 1. The first-order valence-corrected chi connectivity index (χ1v) is 6.16. The number of carbonyl (C=O) groups is 1. The molecule has 1 saturated carbocycles. The van der Waals surface area contributed by atoms with Crippen molar-refractivity contribution in [2.75, 3.05) is 6.54 Å². The molecule has 1 N–H and O–H groups in total. The smallest absolute Gasteiger partial charge is 0.241 e. The van der Waals surface area contributed by atoms with Crippen molar-refractivity contribution in [1.29, 1.82) is 0 Å². The van der Waals surface area contributed by atoms with Gasteiger partial charge in [0.05, 0.1) is 12.2 Å². The molecule has 86 valence electrons. The summed E-state index contributed by atoms with van der Waals surface area (Å²) in [5.41, 5.74) is 0.424. The Hall–Kier alpha value is -0.570. The summed E-state index contributed by atoms with van der Waals surface area (Å²) in [6, 6.07) is 0.0669. The molecule has 2 aliphatic rings. The summed E-state index contributed by atoms with van der Waals surface area (Å²) in [4.78, 5) is 14.1. The average Bonchev–Trinajstić information content (AvgIpc) is 2.87. The van der Waals surface area contributed by atoms with Gasteiger partial charge in [0.1, 0.15) is 0 Å². The zero-order valence-corrected chi connectivity index (χ0v) is 10.0. The van der Waals surface area contributed by atoms with E-state index >= 15 is 0 Å². The normalized spacial score (nSPS) is 33.5. The third-order valence-electron chi connectivity index (χ3n) is 3.80. The predicted molar refractivity (Wildman–Crippen MR) is 60.3 cm³/mol. The standard InChI is InChI=1S/C12H22N2O/c1-4-9-11(15)14(10(5-2)13-9)8-12(3)6-7-12/h9-10,13H,4-8H2,1-3H3. The molecule has 1 heterocycles. The van der Waals surface area contributed by atoms with Crippen molar-refractivity contribution in [3.63, 3.8) is 0 Å². The molecule has 2 rings (SSSR count). The van der Waals surface area contributed by atoms with E-state index < -0.39 is 0 Å². The molecule has 1 aliphatic carbocycles. The first kappa shape index (κ1) is 10.9. The van der Waals surface area contributed by atoms with Gasteiger partial charge >= 0.3 is 0 Å². The fourth-order valence-electron chi connectivity index (χ4n) is 2.35. The Morgan fingerprint density at radius 1 is 1.40 bits per heavy atom. The topological polar surface area (TPSA) is 32.3 Å². The first-order valence-electron chi connectivity index (χ1n) is 6.16. The van der Waals surface area contributed by atoms with Gasteiger partial charge in [-0.2, -0.15) is 0 Å². The molecule has 1 amide bonds. The molecule has 0 bridgehead atoms. The van der Waals surface area contributed by atoms with Crippen LogP contribution in [0.3, 0.4) is 0 Å². The summed E-state index contributed by atoms with van der Waals surface area (Å²) >= 11 is 0. The first-order chi connectivity index (χ1) is 7.09. The van der Waals surface area contributed by atoms with Gasteiger partial charge in [-0.25, -0.2) is 0 Å². The highest BCUT2D eigenvalue weighted by atomic mass is 16.2. The number of hydrogen-bond acceptors (Lipinski definition) is 2. The average molecular weight is 210 g/mol. The van der Waals surface area contributed by atoms with Crippen LogP contribution in [0.4, 0.5) is 0 Å². The second-order valence-electron chi connectivity index (χ2n) is 5.33. The van der Waals surface area contributed by atoms with Crippen LogP contribution in [0.2, 0.25) is 0 Å². The van der Waals surface area contributed by atoms with Crippen LogP contribution in [-0.2, 0) is 4.79 Å². The third kappa shape index (κ3) is 2.03. The number of rotatable bonds is 4. The molecule has 2 fully saturated rings. The minimum absolute atomic E-state index is 0.0669. The molecule has 0 aromatic heterocycles. The highest BCUT2D eigenvalue weighted by Crippen LogP contribution is 2.46. The van der Waals surface area contributed by atoms with Crippen LogP contribution in [-0.4, -0.2) is 29.6 Å². The zero-order valence-electron chi connectivity index (χ0n) is 10.0. The number of carbonyl (C=O) groups excluding carboxylic acids is 1. The highest BCUT2D eigenvalue weighted by Gasteiger charge is 2.45. The van der Waals surface area contributed by atoms with Crippen molar-refractivity contribution in [3.05, 3.63) is 0 Å². The molecule has 0 aromatic rings. The Balaban J connectivity index is 2.03. The van der Waals surface area contributed by atoms with E-state index in [1.54, 1.807) is 0 Å². The Labute approximate surface area is 92.2 Å². The van der Waals surface area contributed by atoms with Crippen LogP contribution in [0.15, 0.2) is 0 Å². The van der Waals surface area contributed by atoms with Crippen LogP contribution < -0.4 is 5.32 Å². The summed E-state index contributed by atoms with van der Waals surface area (Å²) in [6.07, 6.45) is 4.76. The molecular formula is C12H22N2O. The van der Waals surface area contributed by atoms with Gasteiger partial charge in [0.2, 0.25) is 5.91 Å². The van der Waals surface area contributed by atoms with Crippen LogP contribution in [0.5, 0.6) is 0 Å². The molecular weight excluding hydrogens is 188 g/mol. The molecule has 3 heteroatoms. The van der Waals surface area contributed by atoms with Gasteiger partial charge in [0, 0.05) is 6.54 Å². The Kier molecular flexibility index (Phi) is 2.75. The molecule has 15 heavy (non-hydrogen) atoms. The summed E-state index contributed by atoms with van der Waals surface area (Å²) < 4.78 is 0. The minimum Gasteiger partial charge on any atom is -0.325 e. The van der Waals surface area contributed by atoms with E-state index in [0.29, 0.717) is 11.3 Å². The number of amides is 1. The van der Waals surface area contributed by atoms with Crippen LogP contribution in [0.1, 0.15) is 46.5 Å². The lowest BCUT2D eigenvalue weighted by molar-refractivity contribution is -0.130. The van der Waals surface area contributed by atoms with Crippen molar-refractivity contribution >= 4 is 5.91 Å². The summed E-state index contributed by atoms with van der Waals surface area (Å²) in [5.74, 6) is 0.317. The third-order valence-corrected chi connectivity index (χ3v) is 3.80. The van der Waals surface area contributed by atoms with E-state index in [2.05, 4.69) is 31.0 Å². The van der Waals surface area contributed by atoms with Gasteiger partial charge < -0.3 is 4.90 Å². The fourth-order valence-corrected chi connectivity index (χ4v) is 2.35. The minimum atomic E-state index is 0.0669. The lowest BCUT2D eigenvalue weighted by Crippen LogP contribution is -2.40. The van der Waals surface area contributed by atoms with Crippen molar-refractivity contribution in [2.24, 2.45) is 5.41 Å². The highest BCUT2D eigenvalue weighted by molar-refractivity contribution is 5.84. The van der Waals surface area contributed by atoms with E-state index in [4.69, 9.17) is 0 Å². The fraction of sp³-hybridized carbons (Fsp3) is 0.917. The second-order valence-corrected chi connectivity index (χ2v) is 5.33. The second kappa shape index (κ2) is 3.78. The van der Waals surface area contributed by atoms with E-state index in [-0.39, 0.29) is 12.2 Å². The van der Waals surface area contributed by atoms with Crippen LogP contribution in [0.25, 0.3) is 0 Å². The molecule has 1 saturated heterocycles. The largest absolute Gasteiger partial charge is 0.325 e. The number of nitrogens with zero attached hydrogens (tertiary/aromatic N) is 1. The van der Waals surface area contributed by atoms with Crippen molar-refractivity contribution in [2.45, 2.75) is 58.7 Å².